The van der Waals surface area contributed by atoms with Crippen LogP contribution in [0, 0.1) is 0 Å². The Bertz CT molecular complexity index is 1210. The van der Waals surface area contributed by atoms with E-state index >= 15 is 0 Å². The lowest BCUT2D eigenvalue weighted by atomic mass is 10.1. The van der Waals surface area contributed by atoms with Crippen LogP contribution in [0.2, 0.25) is 0 Å². The van der Waals surface area contributed by atoms with Gasteiger partial charge in [0.25, 0.3) is 5.91 Å². The summed E-state index contributed by atoms with van der Waals surface area (Å²) in [6, 6.07) is 24.4. The van der Waals surface area contributed by atoms with Crippen molar-refractivity contribution in [3.05, 3.63) is 90.2 Å². The first-order chi connectivity index (χ1) is 15.7. The number of furan rings is 1. The Morgan fingerprint density at radius 1 is 0.875 bits per heavy atom. The lowest BCUT2D eigenvalue weighted by Gasteiger charge is -2.35. The molecule has 4 aromatic rings. The van der Waals surface area contributed by atoms with Gasteiger partial charge in [-0.2, -0.15) is 0 Å². The number of carbonyl (C=O) groups is 1. The predicted molar refractivity (Wildman–Crippen MR) is 123 cm³/mol. The van der Waals surface area contributed by atoms with E-state index in [4.69, 9.17) is 9.15 Å². The number of benzene rings is 3. The summed E-state index contributed by atoms with van der Waals surface area (Å²) in [7, 11) is 0. The molecule has 0 bridgehead atoms. The second-order valence-corrected chi connectivity index (χ2v) is 7.80. The van der Waals surface area contributed by atoms with Crippen molar-refractivity contribution in [1.82, 2.24) is 4.90 Å². The summed E-state index contributed by atoms with van der Waals surface area (Å²) < 4.78 is 12.0. The maximum Gasteiger partial charge on any atom is 0.290 e. The van der Waals surface area contributed by atoms with Gasteiger partial charge in [-0.05, 0) is 42.5 Å². The summed E-state index contributed by atoms with van der Waals surface area (Å²) in [5, 5.41) is 10.4. The first kappa shape index (κ1) is 20.0. The minimum atomic E-state index is -0.113. The molecule has 0 aliphatic carbocycles. The molecule has 0 radical (unpaired) electrons. The molecule has 32 heavy (non-hydrogen) atoms. The number of ether oxygens (including phenoxy) is 1. The highest BCUT2D eigenvalue weighted by Gasteiger charge is 2.28. The number of nitrogens with zero attached hydrogens (tertiary/aromatic N) is 2. The van der Waals surface area contributed by atoms with Gasteiger partial charge >= 0.3 is 0 Å². The van der Waals surface area contributed by atoms with E-state index in [1.807, 2.05) is 71.6 Å². The predicted octanol–water partition coefficient (Wildman–Crippen LogP) is 4.68. The maximum atomic E-state index is 13.4. The van der Waals surface area contributed by atoms with Crippen LogP contribution >= 0.6 is 0 Å². The Morgan fingerprint density at radius 2 is 1.56 bits per heavy atom. The second kappa shape index (κ2) is 8.67. The van der Waals surface area contributed by atoms with Crippen LogP contribution in [-0.2, 0) is 6.61 Å². The highest BCUT2D eigenvalue weighted by Crippen LogP contribution is 2.29. The molecule has 1 amide bonds. The molecule has 1 aromatic heterocycles. The third kappa shape index (κ3) is 3.99. The summed E-state index contributed by atoms with van der Waals surface area (Å²) in [5.74, 6) is 1.23. The SMILES string of the molecule is O=C(c1oc2ccccc2c1COc1ccccc1)N1CCN(c2ccc(O)cc2)CC1. The molecule has 0 unspecified atom stereocenters. The fourth-order valence-corrected chi connectivity index (χ4v) is 4.06. The van der Waals surface area contributed by atoms with E-state index in [9.17, 15) is 9.90 Å². The van der Waals surface area contributed by atoms with E-state index in [0.717, 1.165) is 22.4 Å². The average Bonchev–Trinajstić information content (AvgIpc) is 3.22. The Morgan fingerprint density at radius 3 is 2.31 bits per heavy atom. The van der Waals surface area contributed by atoms with Crippen molar-refractivity contribution < 1.29 is 19.1 Å². The molecule has 2 heterocycles. The quantitative estimate of drug-likeness (QED) is 0.500. The standard InChI is InChI=1S/C26H24N2O4/c29-20-12-10-19(11-13-20)27-14-16-28(17-15-27)26(30)25-23(18-31-21-6-2-1-3-7-21)22-8-4-5-9-24(22)32-25/h1-13,29H,14-18H2. The number of para-hydroxylation sites is 2. The molecule has 0 saturated carbocycles. The first-order valence-corrected chi connectivity index (χ1v) is 10.7. The van der Waals surface area contributed by atoms with Crippen molar-refractivity contribution in [2.24, 2.45) is 0 Å². The van der Waals surface area contributed by atoms with Crippen LogP contribution in [0.1, 0.15) is 16.1 Å². The number of phenols is 1. The number of anilines is 1. The van der Waals surface area contributed by atoms with Crippen LogP contribution in [0.3, 0.4) is 0 Å². The molecule has 0 atom stereocenters. The molecule has 0 spiro atoms. The van der Waals surface area contributed by atoms with E-state index in [1.54, 1.807) is 12.1 Å². The molecule has 1 N–H and O–H groups in total. The highest BCUT2D eigenvalue weighted by molar-refractivity contribution is 5.99. The van der Waals surface area contributed by atoms with Gasteiger partial charge in [-0.3, -0.25) is 4.79 Å². The van der Waals surface area contributed by atoms with Crippen molar-refractivity contribution in [2.45, 2.75) is 6.61 Å². The van der Waals surface area contributed by atoms with Crippen LogP contribution in [0.4, 0.5) is 5.69 Å². The largest absolute Gasteiger partial charge is 0.508 e. The van der Waals surface area contributed by atoms with E-state index in [-0.39, 0.29) is 18.3 Å². The lowest BCUT2D eigenvalue weighted by molar-refractivity contribution is 0.0713. The fraction of sp³-hybridized carbons (Fsp3) is 0.192. The number of hydrogen-bond acceptors (Lipinski definition) is 5. The molecular formula is C26H24N2O4. The Balaban J connectivity index is 1.34. The van der Waals surface area contributed by atoms with E-state index in [1.165, 1.54) is 0 Å². The summed E-state index contributed by atoms with van der Waals surface area (Å²) >= 11 is 0. The number of phenolic OH excluding ortho intramolecular Hbond substituents is 1. The molecule has 162 valence electrons. The number of carbonyl (C=O) groups excluding carboxylic acids is 1. The van der Waals surface area contributed by atoms with Gasteiger partial charge in [0.1, 0.15) is 23.7 Å². The minimum absolute atomic E-state index is 0.113. The summed E-state index contributed by atoms with van der Waals surface area (Å²) in [5.41, 5.74) is 2.50. The van der Waals surface area contributed by atoms with Gasteiger partial charge in [0.05, 0.1) is 0 Å². The molecule has 1 aliphatic rings. The molecule has 1 aliphatic heterocycles. The monoisotopic (exact) mass is 428 g/mol. The zero-order valence-electron chi connectivity index (χ0n) is 17.6. The smallest absolute Gasteiger partial charge is 0.290 e. The number of aromatic hydroxyl groups is 1. The van der Waals surface area contributed by atoms with Gasteiger partial charge in [-0.1, -0.05) is 36.4 Å². The number of hydrogen-bond donors (Lipinski definition) is 1. The van der Waals surface area contributed by atoms with Crippen molar-refractivity contribution in [1.29, 1.82) is 0 Å². The van der Waals surface area contributed by atoms with Crippen molar-refractivity contribution in [3.8, 4) is 11.5 Å². The van der Waals surface area contributed by atoms with Crippen molar-refractivity contribution >= 4 is 22.6 Å². The number of fused-ring (bicyclic) bond motifs is 1. The molecule has 1 fully saturated rings. The van der Waals surface area contributed by atoms with Crippen LogP contribution < -0.4 is 9.64 Å². The van der Waals surface area contributed by atoms with Crippen LogP contribution in [-0.4, -0.2) is 42.1 Å². The molecule has 1 saturated heterocycles. The van der Waals surface area contributed by atoms with Crippen molar-refractivity contribution in [2.75, 3.05) is 31.1 Å². The van der Waals surface area contributed by atoms with E-state index in [2.05, 4.69) is 4.90 Å². The number of amides is 1. The van der Waals surface area contributed by atoms with Crippen LogP contribution in [0.5, 0.6) is 11.5 Å². The van der Waals surface area contributed by atoms with Crippen LogP contribution in [0.15, 0.2) is 83.3 Å². The molecule has 5 rings (SSSR count). The topological polar surface area (TPSA) is 66.2 Å². The summed E-state index contributed by atoms with van der Waals surface area (Å²) in [6.07, 6.45) is 0. The maximum absolute atomic E-state index is 13.4. The third-order valence-corrected chi connectivity index (χ3v) is 5.80. The van der Waals surface area contributed by atoms with Gasteiger partial charge in [0.2, 0.25) is 0 Å². The van der Waals surface area contributed by atoms with Gasteiger partial charge in [-0.15, -0.1) is 0 Å². The van der Waals surface area contributed by atoms with E-state index < -0.39 is 0 Å². The van der Waals surface area contributed by atoms with Gasteiger partial charge < -0.3 is 24.1 Å². The Kier molecular flexibility index (Phi) is 5.42. The molecule has 6 heteroatoms. The van der Waals surface area contributed by atoms with Gasteiger partial charge in [0.15, 0.2) is 5.76 Å². The van der Waals surface area contributed by atoms with Crippen molar-refractivity contribution in [3.63, 3.8) is 0 Å². The normalized spacial score (nSPS) is 14.0. The van der Waals surface area contributed by atoms with Gasteiger partial charge in [-0.25, -0.2) is 0 Å². The zero-order chi connectivity index (χ0) is 21.9. The average molecular weight is 428 g/mol. The van der Waals surface area contributed by atoms with Crippen LogP contribution in [0.25, 0.3) is 11.0 Å². The Hall–Kier alpha value is -3.93. The van der Waals surface area contributed by atoms with E-state index in [0.29, 0.717) is 37.5 Å². The summed E-state index contributed by atoms with van der Waals surface area (Å²) in [6.45, 7) is 2.88. The molecule has 3 aromatic carbocycles. The summed E-state index contributed by atoms with van der Waals surface area (Å²) in [4.78, 5) is 17.5. The highest BCUT2D eigenvalue weighted by atomic mass is 16.5. The molecular weight excluding hydrogens is 404 g/mol. The second-order valence-electron chi connectivity index (χ2n) is 7.80. The minimum Gasteiger partial charge on any atom is -0.508 e. The lowest BCUT2D eigenvalue weighted by Crippen LogP contribution is -2.48. The van der Waals surface area contributed by atoms with Gasteiger partial charge in [0, 0.05) is 42.8 Å². The number of rotatable bonds is 5. The fourth-order valence-electron chi connectivity index (χ4n) is 4.06. The zero-order valence-corrected chi connectivity index (χ0v) is 17.6. The Labute approximate surface area is 186 Å². The third-order valence-electron chi connectivity index (χ3n) is 5.80. The first-order valence-electron chi connectivity index (χ1n) is 10.7. The molecule has 6 nitrogen and oxygen atoms in total. The number of piperazine rings is 1.